The van der Waals surface area contributed by atoms with Crippen LogP contribution in [-0.2, 0) is 4.79 Å². The van der Waals surface area contributed by atoms with Crippen molar-refractivity contribution in [2.45, 2.75) is 19.9 Å². The van der Waals surface area contributed by atoms with Gasteiger partial charge < -0.3 is 20.8 Å². The monoisotopic (exact) mass is 301 g/mol. The number of carbonyl (C=O) groups is 2. The van der Waals surface area contributed by atoms with Gasteiger partial charge in [-0.1, -0.05) is 13.0 Å². The van der Waals surface area contributed by atoms with Crippen molar-refractivity contribution in [3.05, 3.63) is 48.4 Å². The van der Waals surface area contributed by atoms with Gasteiger partial charge in [-0.15, -0.1) is 0 Å². The van der Waals surface area contributed by atoms with Gasteiger partial charge in [-0.25, -0.2) is 0 Å². The number of nitrogens with two attached hydrogens (primary N) is 1. The summed E-state index contributed by atoms with van der Waals surface area (Å²) < 4.78 is 4.87. The van der Waals surface area contributed by atoms with Crippen LogP contribution < -0.4 is 16.4 Å². The number of hydrogen-bond donors (Lipinski definition) is 3. The van der Waals surface area contributed by atoms with E-state index in [0.717, 1.165) is 0 Å². The normalized spacial score (nSPS) is 13.2. The van der Waals surface area contributed by atoms with Crippen LogP contribution in [0.1, 0.15) is 24.2 Å². The quantitative estimate of drug-likeness (QED) is 0.790. The van der Waals surface area contributed by atoms with Gasteiger partial charge in [0.1, 0.15) is 6.26 Å². The summed E-state index contributed by atoms with van der Waals surface area (Å²) in [5, 5.41) is 5.52. The minimum atomic E-state index is -0.302. The van der Waals surface area contributed by atoms with Crippen LogP contribution in [0, 0.1) is 5.92 Å². The standard InChI is InChI=1S/C16H19N3O3/c1-10(11(2)17)15(20)18-13-4-3-5-14(8-13)19-16(21)12-6-7-22-9-12/h3-11H,17H2,1-2H3,(H,18,20)(H,19,21). The van der Waals surface area contributed by atoms with Gasteiger partial charge in [0, 0.05) is 17.4 Å². The lowest BCUT2D eigenvalue weighted by Crippen LogP contribution is -2.34. The molecule has 0 saturated carbocycles. The summed E-state index contributed by atoms with van der Waals surface area (Å²) in [4.78, 5) is 23.9. The Balaban J connectivity index is 2.04. The maximum Gasteiger partial charge on any atom is 0.258 e. The Labute approximate surface area is 128 Å². The van der Waals surface area contributed by atoms with Crippen molar-refractivity contribution in [3.63, 3.8) is 0 Å². The van der Waals surface area contributed by atoms with Crippen LogP contribution in [0.5, 0.6) is 0 Å². The molecule has 1 aromatic heterocycles. The molecule has 4 N–H and O–H groups in total. The van der Waals surface area contributed by atoms with E-state index < -0.39 is 0 Å². The molecular formula is C16H19N3O3. The molecular weight excluding hydrogens is 282 g/mol. The molecule has 6 nitrogen and oxygen atoms in total. The predicted molar refractivity (Wildman–Crippen MR) is 84.5 cm³/mol. The molecule has 6 heteroatoms. The highest BCUT2D eigenvalue weighted by Crippen LogP contribution is 2.17. The fourth-order valence-electron chi connectivity index (χ4n) is 1.77. The predicted octanol–water partition coefficient (Wildman–Crippen LogP) is 2.45. The molecule has 2 amide bonds. The molecule has 2 atom stereocenters. The smallest absolute Gasteiger partial charge is 0.258 e. The second kappa shape index (κ2) is 6.91. The third-order valence-corrected chi connectivity index (χ3v) is 3.37. The van der Waals surface area contributed by atoms with E-state index >= 15 is 0 Å². The van der Waals surface area contributed by atoms with Crippen LogP contribution in [0.25, 0.3) is 0 Å². The molecule has 0 aliphatic rings. The lowest BCUT2D eigenvalue weighted by molar-refractivity contribution is -0.119. The molecule has 22 heavy (non-hydrogen) atoms. The number of furan rings is 1. The summed E-state index contributed by atoms with van der Waals surface area (Å²) in [5.74, 6) is -0.737. The molecule has 1 heterocycles. The summed E-state index contributed by atoms with van der Waals surface area (Å²) in [7, 11) is 0. The van der Waals surface area contributed by atoms with E-state index in [4.69, 9.17) is 10.2 Å². The molecule has 0 spiro atoms. The lowest BCUT2D eigenvalue weighted by Gasteiger charge is -2.15. The van der Waals surface area contributed by atoms with E-state index in [1.807, 2.05) is 0 Å². The number of benzene rings is 1. The molecule has 0 saturated heterocycles. The molecule has 0 bridgehead atoms. The van der Waals surface area contributed by atoms with E-state index in [9.17, 15) is 9.59 Å². The van der Waals surface area contributed by atoms with E-state index in [-0.39, 0.29) is 23.8 Å². The summed E-state index contributed by atoms with van der Waals surface area (Å²) in [5.41, 5.74) is 7.32. The summed E-state index contributed by atoms with van der Waals surface area (Å²) >= 11 is 0. The summed E-state index contributed by atoms with van der Waals surface area (Å²) in [6.07, 6.45) is 2.80. The minimum Gasteiger partial charge on any atom is -0.472 e. The average molecular weight is 301 g/mol. The zero-order valence-corrected chi connectivity index (χ0v) is 12.5. The van der Waals surface area contributed by atoms with Crippen LogP contribution in [0.15, 0.2) is 47.3 Å². The van der Waals surface area contributed by atoms with Gasteiger partial charge in [-0.05, 0) is 31.2 Å². The molecule has 2 unspecified atom stereocenters. The van der Waals surface area contributed by atoms with Gasteiger partial charge in [-0.2, -0.15) is 0 Å². The van der Waals surface area contributed by atoms with Gasteiger partial charge >= 0.3 is 0 Å². The summed E-state index contributed by atoms with van der Waals surface area (Å²) in [6, 6.07) is 8.26. The highest BCUT2D eigenvalue weighted by atomic mass is 16.3. The van der Waals surface area contributed by atoms with Crippen LogP contribution in [-0.4, -0.2) is 17.9 Å². The Bertz CT molecular complexity index is 650. The Morgan fingerprint density at radius 2 is 1.82 bits per heavy atom. The zero-order valence-electron chi connectivity index (χ0n) is 12.5. The highest BCUT2D eigenvalue weighted by Gasteiger charge is 2.17. The second-order valence-electron chi connectivity index (χ2n) is 5.18. The molecule has 2 rings (SSSR count). The Morgan fingerprint density at radius 3 is 2.41 bits per heavy atom. The molecule has 1 aromatic carbocycles. The van der Waals surface area contributed by atoms with Crippen molar-refractivity contribution in [2.75, 3.05) is 10.6 Å². The van der Waals surface area contributed by atoms with Gasteiger partial charge in [-0.3, -0.25) is 9.59 Å². The van der Waals surface area contributed by atoms with Crippen molar-refractivity contribution in [2.24, 2.45) is 11.7 Å². The SMILES string of the molecule is CC(N)C(C)C(=O)Nc1cccc(NC(=O)c2ccoc2)c1. The Hall–Kier alpha value is -2.60. The Kier molecular flexibility index (Phi) is 4.95. The number of carbonyl (C=O) groups excluding carboxylic acids is 2. The van der Waals surface area contributed by atoms with Crippen LogP contribution in [0.4, 0.5) is 11.4 Å². The first-order valence-corrected chi connectivity index (χ1v) is 6.97. The first-order valence-electron chi connectivity index (χ1n) is 6.97. The highest BCUT2D eigenvalue weighted by molar-refractivity contribution is 6.04. The van der Waals surface area contributed by atoms with Crippen LogP contribution in [0.3, 0.4) is 0 Å². The van der Waals surface area contributed by atoms with Gasteiger partial charge in [0.15, 0.2) is 0 Å². The second-order valence-corrected chi connectivity index (χ2v) is 5.18. The number of nitrogens with one attached hydrogen (secondary N) is 2. The number of amides is 2. The largest absolute Gasteiger partial charge is 0.472 e. The number of hydrogen-bond acceptors (Lipinski definition) is 4. The van der Waals surface area contributed by atoms with Gasteiger partial charge in [0.2, 0.25) is 5.91 Å². The van der Waals surface area contributed by atoms with Crippen molar-refractivity contribution in [3.8, 4) is 0 Å². The maximum absolute atomic E-state index is 12.0. The maximum atomic E-state index is 12.0. The first-order chi connectivity index (χ1) is 10.5. The average Bonchev–Trinajstić information content (AvgIpc) is 3.01. The molecule has 2 aromatic rings. The molecule has 0 fully saturated rings. The fourth-order valence-corrected chi connectivity index (χ4v) is 1.77. The molecule has 0 radical (unpaired) electrons. The van der Waals surface area contributed by atoms with Crippen LogP contribution >= 0.6 is 0 Å². The van der Waals surface area contributed by atoms with Gasteiger partial charge in [0.05, 0.1) is 17.7 Å². The topological polar surface area (TPSA) is 97.4 Å². The van der Waals surface area contributed by atoms with E-state index in [1.165, 1.54) is 12.5 Å². The first kappa shape index (κ1) is 15.8. The lowest BCUT2D eigenvalue weighted by atomic mass is 10.0. The summed E-state index contributed by atoms with van der Waals surface area (Å²) in [6.45, 7) is 3.55. The van der Waals surface area contributed by atoms with Crippen molar-refractivity contribution < 1.29 is 14.0 Å². The zero-order chi connectivity index (χ0) is 16.1. The van der Waals surface area contributed by atoms with E-state index in [1.54, 1.807) is 44.2 Å². The number of anilines is 2. The van der Waals surface area contributed by atoms with Crippen molar-refractivity contribution in [1.29, 1.82) is 0 Å². The minimum absolute atomic E-state index is 0.159. The molecule has 116 valence electrons. The number of rotatable bonds is 5. The van der Waals surface area contributed by atoms with E-state index in [2.05, 4.69) is 10.6 Å². The van der Waals surface area contributed by atoms with Crippen molar-refractivity contribution in [1.82, 2.24) is 0 Å². The fraction of sp³-hybridized carbons (Fsp3) is 0.250. The Morgan fingerprint density at radius 1 is 1.14 bits per heavy atom. The van der Waals surface area contributed by atoms with Crippen LogP contribution in [0.2, 0.25) is 0 Å². The molecule has 0 aliphatic carbocycles. The van der Waals surface area contributed by atoms with E-state index in [0.29, 0.717) is 16.9 Å². The third-order valence-electron chi connectivity index (χ3n) is 3.37. The third kappa shape index (κ3) is 3.95. The van der Waals surface area contributed by atoms with Crippen molar-refractivity contribution >= 4 is 23.2 Å². The molecule has 0 aliphatic heterocycles. The van der Waals surface area contributed by atoms with Gasteiger partial charge in [0.25, 0.3) is 5.91 Å².